The number of methoxy groups -OCH3 is 1. The topological polar surface area (TPSA) is 113 Å². The number of aliphatic hydroxyl groups excluding tert-OH is 1. The molecule has 1 N–H and O–H groups in total. The number of ketones is 1. The van der Waals surface area contributed by atoms with Gasteiger partial charge in [-0.3, -0.25) is 9.59 Å². The Hall–Kier alpha value is -3.05. The van der Waals surface area contributed by atoms with E-state index in [1.54, 1.807) is 0 Å². The molecule has 2 aromatic rings. The minimum Gasteiger partial charge on any atom is -0.507 e. The average molecular weight is 529 g/mol. The van der Waals surface area contributed by atoms with E-state index in [9.17, 15) is 23.1 Å². The molecule has 2 fully saturated rings. The number of hydrogen-bond acceptors (Lipinski definition) is 7. The SMILES string of the molecule is COCCN1C(=O)C(=O)/C(=C(/O)c2ccc(S(=O)(=O)N3CCOCC3)cc2)[C@@H]1c1ccc(C(C)C)cc1. The van der Waals surface area contributed by atoms with E-state index in [0.29, 0.717) is 24.7 Å². The zero-order valence-electron chi connectivity index (χ0n) is 21.2. The molecule has 2 saturated heterocycles. The van der Waals surface area contributed by atoms with Gasteiger partial charge in [-0.05, 0) is 41.3 Å². The Bertz CT molecular complexity index is 1280. The number of ether oxygens (including phenoxy) is 2. The number of aliphatic hydroxyl groups is 1. The van der Waals surface area contributed by atoms with Crippen LogP contribution in [0.2, 0.25) is 0 Å². The maximum absolute atomic E-state index is 13.1. The molecule has 198 valence electrons. The summed E-state index contributed by atoms with van der Waals surface area (Å²) in [5, 5.41) is 11.2. The van der Waals surface area contributed by atoms with Gasteiger partial charge in [0.1, 0.15) is 5.76 Å². The van der Waals surface area contributed by atoms with Gasteiger partial charge in [-0.25, -0.2) is 8.42 Å². The Morgan fingerprint density at radius 3 is 2.24 bits per heavy atom. The second-order valence-corrected chi connectivity index (χ2v) is 11.3. The standard InChI is InChI=1S/C27H32N2O7S/c1-18(2)19-4-6-20(7-5-19)24-23(26(31)27(32)29(24)14-15-35-3)25(30)21-8-10-22(11-9-21)37(33,34)28-12-16-36-17-13-28/h4-11,18,24,30H,12-17H2,1-3H3/b25-23+/t24-/m0/s1. The van der Waals surface area contributed by atoms with Crippen LogP contribution in [0.5, 0.6) is 0 Å². The Balaban J connectivity index is 1.73. The van der Waals surface area contributed by atoms with Crippen LogP contribution in [-0.4, -0.2) is 81.0 Å². The molecule has 37 heavy (non-hydrogen) atoms. The smallest absolute Gasteiger partial charge is 0.295 e. The Morgan fingerprint density at radius 1 is 1.05 bits per heavy atom. The lowest BCUT2D eigenvalue weighted by Gasteiger charge is -2.26. The molecule has 1 atom stereocenters. The van der Waals surface area contributed by atoms with Gasteiger partial charge in [0.2, 0.25) is 10.0 Å². The minimum absolute atomic E-state index is 0.0396. The third kappa shape index (κ3) is 5.33. The molecule has 0 saturated carbocycles. The Kier molecular flexibility index (Phi) is 8.13. The van der Waals surface area contributed by atoms with Crippen molar-refractivity contribution in [1.29, 1.82) is 0 Å². The van der Waals surface area contributed by atoms with Gasteiger partial charge in [0, 0.05) is 32.3 Å². The number of morpholine rings is 1. The zero-order valence-corrected chi connectivity index (χ0v) is 22.0. The zero-order chi connectivity index (χ0) is 26.7. The number of Topliss-reactive ketones (excluding diaryl/α,β-unsaturated/α-hetero) is 1. The highest BCUT2D eigenvalue weighted by Crippen LogP contribution is 2.39. The van der Waals surface area contributed by atoms with E-state index < -0.39 is 27.8 Å². The molecule has 0 aliphatic carbocycles. The van der Waals surface area contributed by atoms with E-state index in [1.165, 1.54) is 40.6 Å². The number of amides is 1. The molecule has 10 heteroatoms. The van der Waals surface area contributed by atoms with Gasteiger partial charge in [0.05, 0.1) is 36.3 Å². The molecule has 2 heterocycles. The first kappa shape index (κ1) is 27.0. The molecular weight excluding hydrogens is 496 g/mol. The predicted octanol–water partition coefficient (Wildman–Crippen LogP) is 2.90. The van der Waals surface area contributed by atoms with Crippen LogP contribution in [0, 0.1) is 0 Å². The highest BCUT2D eigenvalue weighted by molar-refractivity contribution is 7.89. The molecule has 4 rings (SSSR count). The third-order valence-electron chi connectivity index (χ3n) is 6.73. The fraction of sp³-hybridized carbons (Fsp3) is 0.407. The molecule has 0 unspecified atom stereocenters. The van der Waals surface area contributed by atoms with E-state index in [1.807, 2.05) is 24.3 Å². The molecule has 0 aromatic heterocycles. The van der Waals surface area contributed by atoms with Crippen LogP contribution in [0.3, 0.4) is 0 Å². The summed E-state index contributed by atoms with van der Waals surface area (Å²) in [7, 11) is -2.21. The van der Waals surface area contributed by atoms with Gasteiger partial charge in [0.25, 0.3) is 11.7 Å². The number of sulfonamides is 1. The van der Waals surface area contributed by atoms with Gasteiger partial charge in [-0.1, -0.05) is 38.1 Å². The van der Waals surface area contributed by atoms with Crippen molar-refractivity contribution in [3.63, 3.8) is 0 Å². The lowest BCUT2D eigenvalue weighted by atomic mass is 9.93. The van der Waals surface area contributed by atoms with Crippen LogP contribution < -0.4 is 0 Å². The second-order valence-electron chi connectivity index (χ2n) is 9.35. The monoisotopic (exact) mass is 528 g/mol. The number of carbonyl (C=O) groups is 2. The van der Waals surface area contributed by atoms with Crippen molar-refractivity contribution in [1.82, 2.24) is 9.21 Å². The molecule has 9 nitrogen and oxygen atoms in total. The average Bonchev–Trinajstić information content (AvgIpc) is 3.17. The van der Waals surface area contributed by atoms with E-state index in [0.717, 1.165) is 5.56 Å². The molecule has 2 aliphatic heterocycles. The number of rotatable bonds is 8. The van der Waals surface area contributed by atoms with Crippen molar-refractivity contribution in [2.75, 3.05) is 46.6 Å². The molecular formula is C27H32N2O7S. The van der Waals surface area contributed by atoms with Crippen LogP contribution in [-0.2, 0) is 29.1 Å². The van der Waals surface area contributed by atoms with E-state index in [2.05, 4.69) is 13.8 Å². The summed E-state index contributed by atoms with van der Waals surface area (Å²) >= 11 is 0. The third-order valence-corrected chi connectivity index (χ3v) is 8.64. The summed E-state index contributed by atoms with van der Waals surface area (Å²) in [5.74, 6) is -1.56. The summed E-state index contributed by atoms with van der Waals surface area (Å²) in [6, 6.07) is 12.5. The van der Waals surface area contributed by atoms with Crippen molar-refractivity contribution < 1.29 is 32.6 Å². The minimum atomic E-state index is -3.71. The van der Waals surface area contributed by atoms with Crippen LogP contribution in [0.25, 0.3) is 5.76 Å². The summed E-state index contributed by atoms with van der Waals surface area (Å²) in [6.45, 7) is 5.74. The van der Waals surface area contributed by atoms with E-state index in [4.69, 9.17) is 9.47 Å². The molecule has 0 bridgehead atoms. The lowest BCUT2D eigenvalue weighted by Crippen LogP contribution is -2.40. The molecule has 2 aliphatic rings. The first-order chi connectivity index (χ1) is 17.7. The van der Waals surface area contributed by atoms with Crippen molar-refractivity contribution >= 4 is 27.5 Å². The van der Waals surface area contributed by atoms with Crippen LogP contribution in [0.4, 0.5) is 0 Å². The van der Waals surface area contributed by atoms with E-state index in [-0.39, 0.29) is 48.0 Å². The predicted molar refractivity (Wildman–Crippen MR) is 137 cm³/mol. The lowest BCUT2D eigenvalue weighted by molar-refractivity contribution is -0.140. The second kappa shape index (κ2) is 11.1. The van der Waals surface area contributed by atoms with Gasteiger partial charge in [0.15, 0.2) is 0 Å². The molecule has 1 amide bonds. The van der Waals surface area contributed by atoms with Crippen LogP contribution in [0.1, 0.15) is 42.5 Å². The summed E-state index contributed by atoms with van der Waals surface area (Å²) in [5.41, 5.74) is 2.00. The number of hydrogen-bond donors (Lipinski definition) is 1. The first-order valence-electron chi connectivity index (χ1n) is 12.2. The Morgan fingerprint density at radius 2 is 1.68 bits per heavy atom. The maximum Gasteiger partial charge on any atom is 0.295 e. The highest BCUT2D eigenvalue weighted by atomic mass is 32.2. The van der Waals surface area contributed by atoms with Crippen molar-refractivity contribution in [3.8, 4) is 0 Å². The quantitative estimate of drug-likeness (QED) is 0.318. The normalized spacial score (nSPS) is 20.6. The van der Waals surface area contributed by atoms with Crippen molar-refractivity contribution in [3.05, 3.63) is 70.8 Å². The number of likely N-dealkylation sites (tertiary alicyclic amines) is 1. The van der Waals surface area contributed by atoms with Crippen molar-refractivity contribution in [2.24, 2.45) is 0 Å². The van der Waals surface area contributed by atoms with Gasteiger partial charge >= 0.3 is 0 Å². The van der Waals surface area contributed by atoms with Gasteiger partial charge in [-0.15, -0.1) is 0 Å². The largest absolute Gasteiger partial charge is 0.507 e. The molecule has 0 spiro atoms. The first-order valence-corrected chi connectivity index (χ1v) is 13.7. The van der Waals surface area contributed by atoms with Gasteiger partial charge < -0.3 is 19.5 Å². The molecule has 2 aromatic carbocycles. The summed E-state index contributed by atoms with van der Waals surface area (Å²) in [6.07, 6.45) is 0. The number of carbonyl (C=O) groups excluding carboxylic acids is 2. The van der Waals surface area contributed by atoms with Crippen molar-refractivity contribution in [2.45, 2.75) is 30.7 Å². The maximum atomic E-state index is 13.1. The summed E-state index contributed by atoms with van der Waals surface area (Å²) in [4.78, 5) is 27.6. The number of nitrogens with zero attached hydrogens (tertiary/aromatic N) is 2. The summed E-state index contributed by atoms with van der Waals surface area (Å²) < 4.78 is 37.6. The fourth-order valence-electron chi connectivity index (χ4n) is 4.59. The van der Waals surface area contributed by atoms with Gasteiger partial charge in [-0.2, -0.15) is 4.31 Å². The fourth-order valence-corrected chi connectivity index (χ4v) is 5.99. The van der Waals surface area contributed by atoms with Crippen LogP contribution >= 0.6 is 0 Å². The highest BCUT2D eigenvalue weighted by Gasteiger charge is 2.45. The molecule has 0 radical (unpaired) electrons. The van der Waals surface area contributed by atoms with E-state index >= 15 is 0 Å². The number of benzene rings is 2. The van der Waals surface area contributed by atoms with Crippen LogP contribution in [0.15, 0.2) is 59.0 Å². The Labute approximate surface area is 217 Å².